The average molecular weight is 231 g/mol. The van der Waals surface area contributed by atoms with Crippen LogP contribution in [0.3, 0.4) is 0 Å². The van der Waals surface area contributed by atoms with Crippen molar-refractivity contribution in [1.82, 2.24) is 0 Å². The molecule has 0 amide bonds. The Morgan fingerprint density at radius 3 is 2.33 bits per heavy atom. The summed E-state index contributed by atoms with van der Waals surface area (Å²) in [5.41, 5.74) is 1.37. The number of carbonyl (C=O) groups is 1. The lowest BCUT2D eigenvalue weighted by atomic mass is 10.2. The second kappa shape index (κ2) is 6.85. The first kappa shape index (κ1) is 11.2. The Labute approximate surface area is 80.4 Å². The highest BCUT2D eigenvalue weighted by molar-refractivity contribution is 9.10. The van der Waals surface area contributed by atoms with Gasteiger partial charge in [-0.2, -0.15) is 0 Å². The summed E-state index contributed by atoms with van der Waals surface area (Å²) in [5.74, 6) is 0. The Hall–Kier alpha value is -0.830. The summed E-state index contributed by atoms with van der Waals surface area (Å²) < 4.78 is 1.22. The van der Waals surface area contributed by atoms with Crippen LogP contribution >= 0.6 is 15.9 Å². The van der Waals surface area contributed by atoms with E-state index in [0.29, 0.717) is 0 Å². The molecule has 0 saturated carbocycles. The molecule has 12 heavy (non-hydrogen) atoms. The maximum Gasteiger partial charge on any atom is 0.290 e. The molecule has 0 bridgehead atoms. The summed E-state index contributed by atoms with van der Waals surface area (Å²) in [5, 5.41) is 6.89. The lowest BCUT2D eigenvalue weighted by molar-refractivity contribution is -0.122. The van der Waals surface area contributed by atoms with Crippen molar-refractivity contribution in [2.75, 3.05) is 0 Å². The molecule has 0 radical (unpaired) electrons. The van der Waals surface area contributed by atoms with Crippen molar-refractivity contribution < 1.29 is 9.90 Å². The van der Waals surface area contributed by atoms with E-state index < -0.39 is 0 Å². The van der Waals surface area contributed by atoms with Gasteiger partial charge in [-0.05, 0) is 18.1 Å². The first-order chi connectivity index (χ1) is 5.76. The van der Waals surface area contributed by atoms with Crippen LogP contribution in [0.15, 0.2) is 28.7 Å². The first-order valence-electron chi connectivity index (χ1n) is 3.57. The van der Waals surface area contributed by atoms with Crippen LogP contribution in [0.4, 0.5) is 0 Å². The largest absolute Gasteiger partial charge is 0.483 e. The average Bonchev–Trinajstić information content (AvgIpc) is 2.07. The van der Waals surface area contributed by atoms with Gasteiger partial charge in [0.2, 0.25) is 0 Å². The third kappa shape index (κ3) is 4.13. The molecule has 0 spiro atoms. The Balaban J connectivity index is 0.000000354. The second-order valence-electron chi connectivity index (χ2n) is 2.05. The first-order valence-corrected chi connectivity index (χ1v) is 4.36. The SMILES string of the molecule is CCc1ccccc1Br.O=CO. The predicted octanol–water partition coefficient (Wildman–Crippen LogP) is 2.71. The highest BCUT2D eigenvalue weighted by atomic mass is 79.9. The van der Waals surface area contributed by atoms with Crippen LogP contribution in [-0.4, -0.2) is 11.6 Å². The van der Waals surface area contributed by atoms with Crippen LogP contribution in [0, 0.1) is 0 Å². The minimum atomic E-state index is -0.250. The molecule has 0 heterocycles. The molecule has 1 rings (SSSR count). The van der Waals surface area contributed by atoms with E-state index in [2.05, 4.69) is 41.1 Å². The van der Waals surface area contributed by atoms with Gasteiger partial charge in [0, 0.05) is 4.47 Å². The quantitative estimate of drug-likeness (QED) is 0.754. The van der Waals surface area contributed by atoms with E-state index in [-0.39, 0.29) is 6.47 Å². The molecule has 0 unspecified atom stereocenters. The molecule has 1 aromatic carbocycles. The molecule has 0 atom stereocenters. The molecule has 0 saturated heterocycles. The summed E-state index contributed by atoms with van der Waals surface area (Å²) in [4.78, 5) is 8.36. The van der Waals surface area contributed by atoms with E-state index in [1.807, 2.05) is 6.07 Å². The fourth-order valence-electron chi connectivity index (χ4n) is 0.785. The maximum absolute atomic E-state index is 8.36. The van der Waals surface area contributed by atoms with Crippen molar-refractivity contribution >= 4 is 22.4 Å². The van der Waals surface area contributed by atoms with Gasteiger partial charge in [0.25, 0.3) is 6.47 Å². The van der Waals surface area contributed by atoms with E-state index in [1.54, 1.807) is 0 Å². The molecule has 66 valence electrons. The predicted molar refractivity (Wildman–Crippen MR) is 52.2 cm³/mol. The van der Waals surface area contributed by atoms with E-state index in [9.17, 15) is 0 Å². The minimum absolute atomic E-state index is 0.250. The van der Waals surface area contributed by atoms with Gasteiger partial charge in [-0.25, -0.2) is 0 Å². The van der Waals surface area contributed by atoms with E-state index in [1.165, 1.54) is 10.0 Å². The van der Waals surface area contributed by atoms with Crippen LogP contribution in [0.2, 0.25) is 0 Å². The summed E-state index contributed by atoms with van der Waals surface area (Å²) in [7, 11) is 0. The Morgan fingerprint density at radius 2 is 2.00 bits per heavy atom. The third-order valence-corrected chi connectivity index (χ3v) is 2.11. The van der Waals surface area contributed by atoms with E-state index >= 15 is 0 Å². The monoisotopic (exact) mass is 230 g/mol. The van der Waals surface area contributed by atoms with Gasteiger partial charge >= 0.3 is 0 Å². The Morgan fingerprint density at radius 1 is 1.50 bits per heavy atom. The van der Waals surface area contributed by atoms with Crippen molar-refractivity contribution in [2.45, 2.75) is 13.3 Å². The lowest BCUT2D eigenvalue weighted by Gasteiger charge is -1.96. The molecule has 0 aliphatic heterocycles. The molecule has 0 aliphatic rings. The maximum atomic E-state index is 8.36. The molecule has 3 heteroatoms. The van der Waals surface area contributed by atoms with E-state index in [4.69, 9.17) is 9.90 Å². The van der Waals surface area contributed by atoms with Gasteiger partial charge in [0.15, 0.2) is 0 Å². The highest BCUT2D eigenvalue weighted by Crippen LogP contribution is 2.15. The number of benzene rings is 1. The fraction of sp³-hybridized carbons (Fsp3) is 0.222. The van der Waals surface area contributed by atoms with Gasteiger partial charge in [-0.3, -0.25) is 4.79 Å². The zero-order valence-electron chi connectivity index (χ0n) is 6.83. The van der Waals surface area contributed by atoms with Crippen LogP contribution in [-0.2, 0) is 11.2 Å². The van der Waals surface area contributed by atoms with Gasteiger partial charge in [-0.1, -0.05) is 41.1 Å². The van der Waals surface area contributed by atoms with Crippen LogP contribution in [0.25, 0.3) is 0 Å². The molecular weight excluding hydrogens is 220 g/mol. The van der Waals surface area contributed by atoms with Crippen molar-refractivity contribution in [3.05, 3.63) is 34.3 Å². The van der Waals surface area contributed by atoms with Crippen LogP contribution < -0.4 is 0 Å². The number of aryl methyl sites for hydroxylation is 1. The summed E-state index contributed by atoms with van der Waals surface area (Å²) in [6.45, 7) is 1.90. The summed E-state index contributed by atoms with van der Waals surface area (Å²) in [6, 6.07) is 8.29. The standard InChI is InChI=1S/C8H9Br.CH2O2/c1-2-7-5-3-4-6-8(7)9;2-1-3/h3-6H,2H2,1H3;1H,(H,2,3). The fourth-order valence-corrected chi connectivity index (χ4v) is 1.35. The number of carboxylic acid groups (broad SMARTS) is 1. The summed E-state index contributed by atoms with van der Waals surface area (Å²) >= 11 is 3.46. The Bertz CT molecular complexity index is 236. The Kier molecular flexibility index (Phi) is 6.38. The summed E-state index contributed by atoms with van der Waals surface area (Å²) in [6.07, 6.45) is 1.10. The molecule has 0 aliphatic carbocycles. The third-order valence-electron chi connectivity index (χ3n) is 1.34. The zero-order valence-corrected chi connectivity index (χ0v) is 8.41. The topological polar surface area (TPSA) is 37.3 Å². The second-order valence-corrected chi connectivity index (χ2v) is 2.90. The van der Waals surface area contributed by atoms with Gasteiger partial charge < -0.3 is 5.11 Å². The molecule has 2 nitrogen and oxygen atoms in total. The number of rotatable bonds is 1. The minimum Gasteiger partial charge on any atom is -0.483 e. The molecular formula is C9H11BrO2. The van der Waals surface area contributed by atoms with Gasteiger partial charge in [0.1, 0.15) is 0 Å². The molecule has 0 fully saturated rings. The van der Waals surface area contributed by atoms with Crippen molar-refractivity contribution in [1.29, 1.82) is 0 Å². The van der Waals surface area contributed by atoms with Crippen LogP contribution in [0.1, 0.15) is 12.5 Å². The normalized spacial score (nSPS) is 8.17. The molecule has 0 aromatic heterocycles. The number of hydrogen-bond acceptors (Lipinski definition) is 1. The smallest absolute Gasteiger partial charge is 0.290 e. The van der Waals surface area contributed by atoms with E-state index in [0.717, 1.165) is 6.42 Å². The van der Waals surface area contributed by atoms with Crippen LogP contribution in [0.5, 0.6) is 0 Å². The number of hydrogen-bond donors (Lipinski definition) is 1. The number of halogens is 1. The van der Waals surface area contributed by atoms with Crippen molar-refractivity contribution in [2.24, 2.45) is 0 Å². The van der Waals surface area contributed by atoms with Gasteiger partial charge in [0.05, 0.1) is 0 Å². The molecule has 1 N–H and O–H groups in total. The lowest BCUT2D eigenvalue weighted by Crippen LogP contribution is -1.78. The van der Waals surface area contributed by atoms with Crippen molar-refractivity contribution in [3.8, 4) is 0 Å². The van der Waals surface area contributed by atoms with Crippen molar-refractivity contribution in [3.63, 3.8) is 0 Å². The highest BCUT2D eigenvalue weighted by Gasteiger charge is 1.91. The van der Waals surface area contributed by atoms with Gasteiger partial charge in [-0.15, -0.1) is 0 Å². The molecule has 1 aromatic rings. The zero-order chi connectivity index (χ0) is 9.40.